The van der Waals surface area contributed by atoms with Crippen molar-refractivity contribution in [3.63, 3.8) is 0 Å². The van der Waals surface area contributed by atoms with Crippen LogP contribution in [-0.2, 0) is 4.74 Å². The lowest BCUT2D eigenvalue weighted by Gasteiger charge is -2.03. The molecule has 0 atom stereocenters. The number of hydrogen-bond donors (Lipinski definition) is 2. The molecule has 1 aromatic heterocycles. The molecule has 0 saturated heterocycles. The Bertz CT molecular complexity index is 425. The molecule has 0 radical (unpaired) electrons. The van der Waals surface area contributed by atoms with Crippen molar-refractivity contribution in [2.24, 2.45) is 0 Å². The Morgan fingerprint density at radius 1 is 1.29 bits per heavy atom. The topological polar surface area (TPSA) is 49.9 Å². The zero-order valence-electron chi connectivity index (χ0n) is 9.58. The zero-order chi connectivity index (χ0) is 11.9. The van der Waals surface area contributed by atoms with Crippen LogP contribution in [0.15, 0.2) is 24.3 Å². The Kier molecular flexibility index (Phi) is 4.64. The summed E-state index contributed by atoms with van der Waals surface area (Å²) in [5.74, 6) is 1.36. The van der Waals surface area contributed by atoms with Gasteiger partial charge in [-0.25, -0.2) is 4.98 Å². The van der Waals surface area contributed by atoms with Gasteiger partial charge in [-0.3, -0.25) is 0 Å². The van der Waals surface area contributed by atoms with Crippen molar-refractivity contribution < 1.29 is 4.74 Å². The van der Waals surface area contributed by atoms with Crippen LogP contribution in [0.4, 0.5) is 5.95 Å². The zero-order valence-corrected chi connectivity index (χ0v) is 10.3. The van der Waals surface area contributed by atoms with Crippen molar-refractivity contribution in [2.75, 3.05) is 31.0 Å². The van der Waals surface area contributed by atoms with E-state index in [4.69, 9.17) is 16.3 Å². The van der Waals surface area contributed by atoms with E-state index in [1.165, 1.54) is 0 Å². The number of H-pyrrole nitrogens is 1. The monoisotopic (exact) mass is 253 g/mol. The summed E-state index contributed by atoms with van der Waals surface area (Å²) >= 11 is 5.50. The molecule has 0 fully saturated rings. The second-order valence-electron chi connectivity index (χ2n) is 3.68. The smallest absolute Gasteiger partial charge is 0.201 e. The highest BCUT2D eigenvalue weighted by atomic mass is 35.5. The number of aromatic nitrogens is 2. The van der Waals surface area contributed by atoms with E-state index in [0.717, 1.165) is 36.6 Å². The largest absolute Gasteiger partial charge is 0.380 e. The number of hydrogen-bond acceptors (Lipinski definition) is 3. The summed E-state index contributed by atoms with van der Waals surface area (Å²) < 4.78 is 5.28. The van der Waals surface area contributed by atoms with Gasteiger partial charge < -0.3 is 15.0 Å². The van der Waals surface area contributed by atoms with Gasteiger partial charge in [0.05, 0.1) is 17.6 Å². The maximum absolute atomic E-state index is 5.50. The van der Waals surface area contributed by atoms with Crippen molar-refractivity contribution in [1.29, 1.82) is 0 Å². The summed E-state index contributed by atoms with van der Waals surface area (Å²) in [7, 11) is 0. The van der Waals surface area contributed by atoms with Crippen LogP contribution in [0, 0.1) is 0 Å². The number of alkyl halides is 1. The molecule has 4 nitrogen and oxygen atoms in total. The molecule has 2 rings (SSSR count). The van der Waals surface area contributed by atoms with E-state index in [1.54, 1.807) is 0 Å². The molecular formula is C12H16ClN3O. The summed E-state index contributed by atoms with van der Waals surface area (Å²) in [6.45, 7) is 2.17. The van der Waals surface area contributed by atoms with E-state index in [2.05, 4.69) is 15.3 Å². The molecule has 0 bridgehead atoms. The molecule has 0 aliphatic heterocycles. The summed E-state index contributed by atoms with van der Waals surface area (Å²) in [6, 6.07) is 7.97. The van der Waals surface area contributed by atoms with Crippen LogP contribution in [0.5, 0.6) is 0 Å². The quantitative estimate of drug-likeness (QED) is 0.589. The lowest BCUT2D eigenvalue weighted by molar-refractivity contribution is 0.149. The molecule has 0 aliphatic carbocycles. The minimum Gasteiger partial charge on any atom is -0.380 e. The molecule has 2 aromatic rings. The lowest BCUT2D eigenvalue weighted by Crippen LogP contribution is -2.07. The van der Waals surface area contributed by atoms with Crippen LogP contribution >= 0.6 is 11.6 Å². The van der Waals surface area contributed by atoms with Crippen molar-refractivity contribution >= 4 is 28.6 Å². The highest BCUT2D eigenvalue weighted by molar-refractivity contribution is 6.17. The first-order chi connectivity index (χ1) is 8.40. The lowest BCUT2D eigenvalue weighted by atomic mass is 10.3. The number of anilines is 1. The van der Waals surface area contributed by atoms with E-state index < -0.39 is 0 Å². The normalized spacial score (nSPS) is 10.9. The third-order valence-corrected chi connectivity index (χ3v) is 2.52. The Morgan fingerprint density at radius 2 is 2.18 bits per heavy atom. The Hall–Kier alpha value is -1.26. The first-order valence-corrected chi connectivity index (χ1v) is 6.26. The number of aromatic amines is 1. The standard InChI is InChI=1S/C12H16ClN3O/c13-6-9-17-8-3-7-14-12-15-10-4-1-2-5-11(10)16-12/h1-2,4-5H,3,6-9H2,(H2,14,15,16). The third-order valence-electron chi connectivity index (χ3n) is 2.37. The van der Waals surface area contributed by atoms with E-state index in [0.29, 0.717) is 12.5 Å². The number of nitrogens with zero attached hydrogens (tertiary/aromatic N) is 1. The first kappa shape index (κ1) is 12.2. The molecule has 92 valence electrons. The van der Waals surface area contributed by atoms with E-state index in [9.17, 15) is 0 Å². The fourth-order valence-electron chi connectivity index (χ4n) is 1.57. The average Bonchev–Trinajstić information content (AvgIpc) is 2.76. The van der Waals surface area contributed by atoms with Gasteiger partial charge in [0.1, 0.15) is 0 Å². The summed E-state index contributed by atoms with van der Waals surface area (Å²) in [6.07, 6.45) is 0.938. The molecule has 2 N–H and O–H groups in total. The maximum atomic E-state index is 5.50. The van der Waals surface area contributed by atoms with Gasteiger partial charge in [-0.15, -0.1) is 11.6 Å². The van der Waals surface area contributed by atoms with Gasteiger partial charge in [0.15, 0.2) is 0 Å². The fraction of sp³-hybridized carbons (Fsp3) is 0.417. The second kappa shape index (κ2) is 6.47. The first-order valence-electron chi connectivity index (χ1n) is 5.72. The van der Waals surface area contributed by atoms with Crippen LogP contribution < -0.4 is 5.32 Å². The van der Waals surface area contributed by atoms with Gasteiger partial charge >= 0.3 is 0 Å². The highest BCUT2D eigenvalue weighted by Gasteiger charge is 2.00. The number of nitrogens with one attached hydrogen (secondary N) is 2. The van der Waals surface area contributed by atoms with Gasteiger partial charge in [0.2, 0.25) is 5.95 Å². The SMILES string of the molecule is ClCCOCCCNc1nc2ccccc2[nH]1. The van der Waals surface area contributed by atoms with Gasteiger partial charge in [0, 0.05) is 19.0 Å². The number of para-hydroxylation sites is 2. The Balaban J connectivity index is 1.75. The Morgan fingerprint density at radius 3 is 3.00 bits per heavy atom. The van der Waals surface area contributed by atoms with Gasteiger partial charge in [-0.1, -0.05) is 12.1 Å². The van der Waals surface area contributed by atoms with Gasteiger partial charge in [0.25, 0.3) is 0 Å². The molecule has 0 saturated carbocycles. The third kappa shape index (κ3) is 3.61. The van der Waals surface area contributed by atoms with E-state index >= 15 is 0 Å². The number of rotatable bonds is 7. The minimum atomic E-state index is 0.553. The number of fused-ring (bicyclic) bond motifs is 1. The van der Waals surface area contributed by atoms with Crippen LogP contribution in [0.2, 0.25) is 0 Å². The summed E-state index contributed by atoms with van der Waals surface area (Å²) in [4.78, 5) is 7.63. The molecule has 0 amide bonds. The molecular weight excluding hydrogens is 238 g/mol. The molecule has 17 heavy (non-hydrogen) atoms. The maximum Gasteiger partial charge on any atom is 0.201 e. The Labute approximate surface area is 105 Å². The van der Waals surface area contributed by atoms with Crippen molar-refractivity contribution in [2.45, 2.75) is 6.42 Å². The van der Waals surface area contributed by atoms with E-state index in [1.807, 2.05) is 24.3 Å². The molecule has 0 spiro atoms. The van der Waals surface area contributed by atoms with Crippen molar-refractivity contribution in [3.05, 3.63) is 24.3 Å². The van der Waals surface area contributed by atoms with Gasteiger partial charge in [-0.2, -0.15) is 0 Å². The average molecular weight is 254 g/mol. The molecule has 1 heterocycles. The molecule has 1 aromatic carbocycles. The van der Waals surface area contributed by atoms with Crippen molar-refractivity contribution in [1.82, 2.24) is 9.97 Å². The van der Waals surface area contributed by atoms with Crippen LogP contribution in [0.1, 0.15) is 6.42 Å². The number of halogens is 1. The predicted octanol–water partition coefficient (Wildman–Crippen LogP) is 2.62. The second-order valence-corrected chi connectivity index (χ2v) is 4.06. The minimum absolute atomic E-state index is 0.553. The number of benzene rings is 1. The molecule has 5 heteroatoms. The predicted molar refractivity (Wildman–Crippen MR) is 70.7 cm³/mol. The van der Waals surface area contributed by atoms with Crippen LogP contribution in [0.25, 0.3) is 11.0 Å². The van der Waals surface area contributed by atoms with Gasteiger partial charge in [-0.05, 0) is 18.6 Å². The number of ether oxygens (including phenoxy) is 1. The van der Waals surface area contributed by atoms with Crippen LogP contribution in [-0.4, -0.2) is 35.6 Å². The van der Waals surface area contributed by atoms with E-state index in [-0.39, 0.29) is 0 Å². The molecule has 0 aliphatic rings. The summed E-state index contributed by atoms with van der Waals surface area (Å²) in [5.41, 5.74) is 2.03. The molecule has 0 unspecified atom stereocenters. The van der Waals surface area contributed by atoms with Crippen LogP contribution in [0.3, 0.4) is 0 Å². The highest BCUT2D eigenvalue weighted by Crippen LogP contribution is 2.12. The fourth-order valence-corrected chi connectivity index (χ4v) is 1.68. The number of imidazole rings is 1. The van der Waals surface area contributed by atoms with Crippen molar-refractivity contribution in [3.8, 4) is 0 Å². The summed E-state index contributed by atoms with van der Waals surface area (Å²) in [5, 5.41) is 3.23.